The lowest BCUT2D eigenvalue weighted by atomic mass is 10.0. The third kappa shape index (κ3) is 4.52. The van der Waals surface area contributed by atoms with E-state index >= 15 is 0 Å². The fourth-order valence-electron chi connectivity index (χ4n) is 3.07. The smallest absolute Gasteiger partial charge is 0.192 e. The lowest BCUT2D eigenvalue weighted by Crippen LogP contribution is -2.25. The maximum Gasteiger partial charge on any atom is 0.192 e. The second-order valence-electron chi connectivity index (χ2n) is 6.81. The SMILES string of the molecule is CCc1cc(C(=O)/C=C2/SC=C(C)N2CC(=O)c2ccc(OC)cc2)c(O)cc1O. The molecule has 0 aromatic heterocycles. The third-order valence-corrected chi connectivity index (χ3v) is 5.89. The van der Waals surface area contributed by atoms with Crippen LogP contribution in [0.1, 0.15) is 40.1 Å². The highest BCUT2D eigenvalue weighted by molar-refractivity contribution is 8.06. The van der Waals surface area contributed by atoms with E-state index in [0.29, 0.717) is 28.3 Å². The number of hydrogen-bond acceptors (Lipinski definition) is 7. The van der Waals surface area contributed by atoms with Gasteiger partial charge in [-0.25, -0.2) is 0 Å². The number of allylic oxidation sites excluding steroid dienone is 2. The molecule has 1 heterocycles. The van der Waals surface area contributed by atoms with Crippen molar-refractivity contribution in [3.8, 4) is 17.2 Å². The average Bonchev–Trinajstić information content (AvgIpc) is 3.07. The zero-order valence-corrected chi connectivity index (χ0v) is 17.8. The highest BCUT2D eigenvalue weighted by atomic mass is 32.2. The van der Waals surface area contributed by atoms with Crippen LogP contribution >= 0.6 is 11.8 Å². The molecule has 7 heteroatoms. The van der Waals surface area contributed by atoms with Gasteiger partial charge in [0.1, 0.15) is 17.2 Å². The van der Waals surface area contributed by atoms with E-state index in [1.807, 2.05) is 19.3 Å². The van der Waals surface area contributed by atoms with Gasteiger partial charge in [0.15, 0.2) is 11.6 Å². The first-order valence-electron chi connectivity index (χ1n) is 9.43. The van der Waals surface area contributed by atoms with Gasteiger partial charge in [0.25, 0.3) is 0 Å². The fraction of sp³-hybridized carbons (Fsp3) is 0.217. The third-order valence-electron chi connectivity index (χ3n) is 4.85. The number of nitrogens with zero attached hydrogens (tertiary/aromatic N) is 1. The van der Waals surface area contributed by atoms with Crippen LogP contribution in [0.15, 0.2) is 58.6 Å². The summed E-state index contributed by atoms with van der Waals surface area (Å²) in [7, 11) is 1.57. The molecule has 0 atom stereocenters. The number of hydrogen-bond donors (Lipinski definition) is 2. The zero-order valence-electron chi connectivity index (χ0n) is 17.0. The topological polar surface area (TPSA) is 87.1 Å². The van der Waals surface area contributed by atoms with E-state index < -0.39 is 5.78 Å². The normalized spacial score (nSPS) is 14.7. The molecule has 2 aromatic carbocycles. The highest BCUT2D eigenvalue weighted by Crippen LogP contribution is 2.35. The number of ether oxygens (including phenoxy) is 1. The molecule has 0 amide bonds. The zero-order chi connectivity index (χ0) is 21.8. The van der Waals surface area contributed by atoms with Gasteiger partial charge in [0, 0.05) is 23.4 Å². The number of rotatable bonds is 7. The number of carbonyl (C=O) groups is 2. The van der Waals surface area contributed by atoms with Crippen LogP contribution in [0.3, 0.4) is 0 Å². The molecule has 0 spiro atoms. The van der Waals surface area contributed by atoms with Crippen molar-refractivity contribution in [3.05, 3.63) is 75.3 Å². The van der Waals surface area contributed by atoms with Gasteiger partial charge in [0.05, 0.1) is 24.2 Å². The Kier molecular flexibility index (Phi) is 6.52. The predicted molar refractivity (Wildman–Crippen MR) is 117 cm³/mol. The second-order valence-corrected chi connectivity index (χ2v) is 7.70. The summed E-state index contributed by atoms with van der Waals surface area (Å²) in [4.78, 5) is 27.3. The molecule has 0 unspecified atom stereocenters. The molecule has 0 radical (unpaired) electrons. The van der Waals surface area contributed by atoms with Crippen molar-refractivity contribution < 1.29 is 24.5 Å². The number of carbonyl (C=O) groups excluding carboxylic acids is 2. The minimum Gasteiger partial charge on any atom is -0.508 e. The number of phenols is 2. The van der Waals surface area contributed by atoms with Crippen molar-refractivity contribution >= 4 is 23.3 Å². The Morgan fingerprint density at radius 2 is 1.83 bits per heavy atom. The van der Waals surface area contributed by atoms with Crippen LogP contribution in [0.25, 0.3) is 0 Å². The molecule has 156 valence electrons. The van der Waals surface area contributed by atoms with Crippen LogP contribution in [0, 0.1) is 0 Å². The maximum absolute atomic E-state index is 12.8. The number of aryl methyl sites for hydroxylation is 1. The number of ketones is 2. The first-order chi connectivity index (χ1) is 14.3. The molecule has 30 heavy (non-hydrogen) atoms. The van der Waals surface area contributed by atoms with Crippen molar-refractivity contribution in [2.45, 2.75) is 20.3 Å². The Labute approximate surface area is 179 Å². The molecule has 1 aliphatic rings. The Bertz CT molecular complexity index is 1040. The number of aromatic hydroxyl groups is 2. The summed E-state index contributed by atoms with van der Waals surface area (Å²) in [5.74, 6) is -0.133. The summed E-state index contributed by atoms with van der Waals surface area (Å²) >= 11 is 1.34. The summed E-state index contributed by atoms with van der Waals surface area (Å²) in [6.07, 6.45) is 1.94. The molecular formula is C23H23NO5S. The van der Waals surface area contributed by atoms with E-state index in [-0.39, 0.29) is 29.4 Å². The molecule has 3 rings (SSSR count). The molecule has 0 fully saturated rings. The second kappa shape index (κ2) is 9.09. The van der Waals surface area contributed by atoms with Crippen LogP contribution in [0.5, 0.6) is 17.2 Å². The molecule has 0 saturated heterocycles. The lowest BCUT2D eigenvalue weighted by Gasteiger charge is -2.20. The van der Waals surface area contributed by atoms with Gasteiger partial charge in [0.2, 0.25) is 0 Å². The Balaban J connectivity index is 1.82. The van der Waals surface area contributed by atoms with Crippen molar-refractivity contribution in [3.63, 3.8) is 0 Å². The standard InChI is InChI=1S/C23H23NO5S/c1-4-15-9-18(20(26)10-19(15)25)21(27)11-23-24(14(2)13-30-23)12-22(28)16-5-7-17(29-3)8-6-16/h5-11,13,25-26H,4,12H2,1-3H3/b23-11+. The summed E-state index contributed by atoms with van der Waals surface area (Å²) in [6, 6.07) is 9.55. The molecule has 2 aromatic rings. The fourth-order valence-corrected chi connectivity index (χ4v) is 3.99. The van der Waals surface area contributed by atoms with E-state index in [0.717, 1.165) is 5.70 Å². The lowest BCUT2D eigenvalue weighted by molar-refractivity contribution is 0.0961. The largest absolute Gasteiger partial charge is 0.508 e. The first-order valence-corrected chi connectivity index (χ1v) is 10.3. The molecule has 1 aliphatic heterocycles. The quantitative estimate of drug-likeness (QED) is 0.499. The van der Waals surface area contributed by atoms with Crippen LogP contribution in [-0.2, 0) is 6.42 Å². The van der Waals surface area contributed by atoms with Crippen molar-refractivity contribution in [1.82, 2.24) is 4.90 Å². The summed E-state index contributed by atoms with van der Waals surface area (Å²) < 4.78 is 5.12. The molecule has 2 N–H and O–H groups in total. The van der Waals surface area contributed by atoms with Gasteiger partial charge in [-0.05, 0) is 54.6 Å². The van der Waals surface area contributed by atoms with Gasteiger partial charge >= 0.3 is 0 Å². The van der Waals surface area contributed by atoms with E-state index in [9.17, 15) is 19.8 Å². The van der Waals surface area contributed by atoms with Crippen molar-refractivity contribution in [1.29, 1.82) is 0 Å². The van der Waals surface area contributed by atoms with Crippen LogP contribution in [-0.4, -0.2) is 40.3 Å². The maximum atomic E-state index is 12.8. The first kappa shape index (κ1) is 21.5. The van der Waals surface area contributed by atoms with Gasteiger partial charge < -0.3 is 19.8 Å². The number of methoxy groups -OCH3 is 1. The minimum atomic E-state index is -0.394. The van der Waals surface area contributed by atoms with Gasteiger partial charge in [-0.1, -0.05) is 18.7 Å². The van der Waals surface area contributed by atoms with Crippen LogP contribution < -0.4 is 4.74 Å². The minimum absolute atomic E-state index is 0.0429. The summed E-state index contributed by atoms with van der Waals surface area (Å²) in [5.41, 5.74) is 2.10. The Morgan fingerprint density at radius 3 is 2.47 bits per heavy atom. The van der Waals surface area contributed by atoms with E-state index in [4.69, 9.17) is 4.74 Å². The van der Waals surface area contributed by atoms with E-state index in [1.165, 1.54) is 30.0 Å². The monoisotopic (exact) mass is 425 g/mol. The Hall–Kier alpha value is -3.19. The van der Waals surface area contributed by atoms with Crippen LogP contribution in [0.4, 0.5) is 0 Å². The predicted octanol–water partition coefficient (Wildman–Crippen LogP) is 4.49. The molecular weight excluding hydrogens is 402 g/mol. The number of thioether (sulfide) groups is 1. The van der Waals surface area contributed by atoms with Gasteiger partial charge in [-0.2, -0.15) is 0 Å². The summed E-state index contributed by atoms with van der Waals surface area (Å²) in [5, 5.41) is 22.4. The summed E-state index contributed by atoms with van der Waals surface area (Å²) in [6.45, 7) is 3.81. The highest BCUT2D eigenvalue weighted by Gasteiger charge is 2.24. The number of phenolic OH excluding ortho intramolecular Hbond substituents is 2. The molecule has 0 saturated carbocycles. The van der Waals surface area contributed by atoms with Crippen molar-refractivity contribution in [2.75, 3.05) is 13.7 Å². The van der Waals surface area contributed by atoms with Crippen LogP contribution in [0.2, 0.25) is 0 Å². The molecule has 0 bridgehead atoms. The van der Waals surface area contributed by atoms with Crippen molar-refractivity contribution in [2.24, 2.45) is 0 Å². The average molecular weight is 426 g/mol. The van der Waals surface area contributed by atoms with Gasteiger partial charge in [-0.3, -0.25) is 9.59 Å². The van der Waals surface area contributed by atoms with E-state index in [1.54, 1.807) is 36.3 Å². The Morgan fingerprint density at radius 1 is 1.13 bits per heavy atom. The van der Waals surface area contributed by atoms with Gasteiger partial charge in [-0.15, -0.1) is 0 Å². The number of benzene rings is 2. The molecule has 0 aliphatic carbocycles. The number of Topliss-reactive ketones (excluding diaryl/α,β-unsaturated/α-hetero) is 1. The van der Waals surface area contributed by atoms with E-state index in [2.05, 4.69) is 0 Å². The molecule has 6 nitrogen and oxygen atoms in total.